The van der Waals surface area contributed by atoms with Crippen LogP contribution in [0, 0.1) is 0 Å². The number of unbranched alkanes of at least 4 members (excludes halogenated alkanes) is 1. The average Bonchev–Trinajstić information content (AvgIpc) is 3.33. The van der Waals surface area contributed by atoms with Crippen molar-refractivity contribution in [3.8, 4) is 5.75 Å². The lowest BCUT2D eigenvalue weighted by atomic mass is 10.0. The number of phenols is 1. The third-order valence-corrected chi connectivity index (χ3v) is 5.93. The summed E-state index contributed by atoms with van der Waals surface area (Å²) in [6.07, 6.45) is 2.25. The molecule has 0 aromatic heterocycles. The van der Waals surface area contributed by atoms with Crippen molar-refractivity contribution < 1.29 is 34.5 Å². The number of carbonyl (C=O) groups excluding carboxylic acids is 3. The van der Waals surface area contributed by atoms with E-state index in [2.05, 4.69) is 10.6 Å². The van der Waals surface area contributed by atoms with Gasteiger partial charge < -0.3 is 42.3 Å². The minimum absolute atomic E-state index is 0.0362. The largest absolute Gasteiger partial charge is 0.508 e. The van der Waals surface area contributed by atoms with E-state index in [0.717, 1.165) is 0 Å². The number of hydrogen-bond acceptors (Lipinski definition) is 8. The van der Waals surface area contributed by atoms with E-state index in [1.165, 1.54) is 17.0 Å². The number of carboxylic acids is 1. The van der Waals surface area contributed by atoms with Gasteiger partial charge in [-0.25, -0.2) is 4.79 Å². The monoisotopic (exact) mass is 493 g/mol. The van der Waals surface area contributed by atoms with Crippen LogP contribution < -0.4 is 22.1 Å². The molecular formula is C23H35N5O7. The van der Waals surface area contributed by atoms with Gasteiger partial charge in [0.2, 0.25) is 17.7 Å². The number of rotatable bonds is 13. The molecule has 1 fully saturated rings. The molecule has 1 aliphatic rings. The summed E-state index contributed by atoms with van der Waals surface area (Å²) in [5, 5.41) is 33.4. The molecule has 0 spiro atoms. The number of aliphatic hydroxyl groups excluding tert-OH is 1. The van der Waals surface area contributed by atoms with Crippen LogP contribution in [-0.4, -0.2) is 87.8 Å². The third kappa shape index (κ3) is 8.19. The molecule has 4 unspecified atom stereocenters. The van der Waals surface area contributed by atoms with Gasteiger partial charge in [0.15, 0.2) is 0 Å². The first-order chi connectivity index (χ1) is 16.7. The Balaban J connectivity index is 2.25. The highest BCUT2D eigenvalue weighted by Gasteiger charge is 2.38. The zero-order valence-electron chi connectivity index (χ0n) is 19.6. The second kappa shape index (κ2) is 13.6. The van der Waals surface area contributed by atoms with Crippen LogP contribution >= 0.6 is 0 Å². The molecule has 2 rings (SSSR count). The maximum Gasteiger partial charge on any atom is 0.326 e. The molecule has 194 valence electrons. The van der Waals surface area contributed by atoms with E-state index >= 15 is 0 Å². The molecule has 3 amide bonds. The van der Waals surface area contributed by atoms with Crippen molar-refractivity contribution in [2.75, 3.05) is 19.7 Å². The van der Waals surface area contributed by atoms with Crippen LogP contribution in [-0.2, 0) is 25.6 Å². The van der Waals surface area contributed by atoms with Gasteiger partial charge in [0.25, 0.3) is 0 Å². The number of nitrogens with two attached hydrogens (primary N) is 2. The fourth-order valence-corrected chi connectivity index (χ4v) is 3.95. The molecule has 0 radical (unpaired) electrons. The number of carboxylic acid groups (broad SMARTS) is 1. The first-order valence-electron chi connectivity index (χ1n) is 11.7. The number of benzene rings is 1. The highest BCUT2D eigenvalue weighted by molar-refractivity contribution is 5.94. The predicted octanol–water partition coefficient (Wildman–Crippen LogP) is -1.57. The van der Waals surface area contributed by atoms with Gasteiger partial charge in [0.1, 0.15) is 29.9 Å². The van der Waals surface area contributed by atoms with E-state index in [1.807, 2.05) is 0 Å². The normalized spacial score (nSPS) is 17.9. The number of aliphatic carboxylic acids is 1. The predicted molar refractivity (Wildman–Crippen MR) is 126 cm³/mol. The van der Waals surface area contributed by atoms with Gasteiger partial charge in [-0.15, -0.1) is 0 Å². The number of aliphatic hydroxyl groups is 1. The Morgan fingerprint density at radius 2 is 1.71 bits per heavy atom. The smallest absolute Gasteiger partial charge is 0.326 e. The molecule has 1 aromatic rings. The molecule has 4 atom stereocenters. The van der Waals surface area contributed by atoms with Gasteiger partial charge in [-0.05, 0) is 56.3 Å². The Bertz CT molecular complexity index is 880. The van der Waals surface area contributed by atoms with Crippen molar-refractivity contribution >= 4 is 23.7 Å². The first-order valence-corrected chi connectivity index (χ1v) is 11.7. The minimum atomic E-state index is -1.21. The number of phenolic OH excluding ortho intramolecular Hbond substituents is 1. The quantitative estimate of drug-likeness (QED) is 0.158. The van der Waals surface area contributed by atoms with Crippen LogP contribution in [0.15, 0.2) is 24.3 Å². The number of likely N-dealkylation sites (tertiary alicyclic amines) is 1. The van der Waals surface area contributed by atoms with Crippen LogP contribution in [0.1, 0.15) is 37.7 Å². The number of carbonyl (C=O) groups is 4. The summed E-state index contributed by atoms with van der Waals surface area (Å²) in [5.74, 6) is -2.98. The lowest BCUT2D eigenvalue weighted by Crippen LogP contribution is -2.58. The van der Waals surface area contributed by atoms with E-state index < -0.39 is 54.5 Å². The maximum atomic E-state index is 13.4. The van der Waals surface area contributed by atoms with Gasteiger partial charge in [-0.3, -0.25) is 14.4 Å². The van der Waals surface area contributed by atoms with Crippen LogP contribution in [0.4, 0.5) is 0 Å². The van der Waals surface area contributed by atoms with Gasteiger partial charge in [-0.2, -0.15) is 0 Å². The second-order valence-corrected chi connectivity index (χ2v) is 8.59. The fraction of sp³-hybridized carbons (Fsp3) is 0.565. The summed E-state index contributed by atoms with van der Waals surface area (Å²) >= 11 is 0. The van der Waals surface area contributed by atoms with Crippen molar-refractivity contribution in [2.45, 2.75) is 62.7 Å². The van der Waals surface area contributed by atoms with Gasteiger partial charge >= 0.3 is 5.97 Å². The second-order valence-electron chi connectivity index (χ2n) is 8.59. The molecule has 9 N–H and O–H groups in total. The van der Waals surface area contributed by atoms with Crippen LogP contribution in [0.5, 0.6) is 5.75 Å². The number of amides is 3. The standard InChI is InChI=1S/C23H35N5O7/c24-10-2-1-4-17(26-20(31)16(25)13-29)21(32)27-18(12-14-6-8-15(30)9-7-14)22(33)28-11-3-5-19(28)23(34)35/h6-9,16-19,29-30H,1-5,10-13,24-25H2,(H,26,31)(H,27,32)(H,34,35). The third-order valence-electron chi connectivity index (χ3n) is 5.93. The molecule has 0 bridgehead atoms. The van der Waals surface area contributed by atoms with Crippen LogP contribution in [0.25, 0.3) is 0 Å². The van der Waals surface area contributed by atoms with Gasteiger partial charge in [0, 0.05) is 13.0 Å². The lowest BCUT2D eigenvalue weighted by Gasteiger charge is -2.29. The van der Waals surface area contributed by atoms with E-state index in [4.69, 9.17) is 16.6 Å². The highest BCUT2D eigenvalue weighted by Crippen LogP contribution is 2.20. The van der Waals surface area contributed by atoms with Crippen molar-refractivity contribution in [1.29, 1.82) is 0 Å². The Hall–Kier alpha value is -3.22. The summed E-state index contributed by atoms with van der Waals surface area (Å²) in [5.41, 5.74) is 11.7. The van der Waals surface area contributed by atoms with Crippen molar-refractivity contribution in [3.63, 3.8) is 0 Å². The minimum Gasteiger partial charge on any atom is -0.508 e. The number of hydrogen-bond donors (Lipinski definition) is 7. The molecular weight excluding hydrogens is 458 g/mol. The zero-order chi connectivity index (χ0) is 26.0. The molecule has 1 saturated heterocycles. The van der Waals surface area contributed by atoms with Crippen molar-refractivity contribution in [1.82, 2.24) is 15.5 Å². The summed E-state index contributed by atoms with van der Waals surface area (Å²) < 4.78 is 0. The van der Waals surface area contributed by atoms with E-state index in [9.17, 15) is 29.4 Å². The maximum absolute atomic E-state index is 13.4. The molecule has 0 aliphatic carbocycles. The number of aromatic hydroxyl groups is 1. The summed E-state index contributed by atoms with van der Waals surface area (Å²) in [4.78, 5) is 51.7. The lowest BCUT2D eigenvalue weighted by molar-refractivity contribution is -0.149. The van der Waals surface area contributed by atoms with Gasteiger partial charge in [-0.1, -0.05) is 12.1 Å². The molecule has 12 heteroatoms. The Labute approximate surface area is 203 Å². The molecule has 35 heavy (non-hydrogen) atoms. The van der Waals surface area contributed by atoms with Gasteiger partial charge in [0.05, 0.1) is 6.61 Å². The Kier molecular flexibility index (Phi) is 10.9. The van der Waals surface area contributed by atoms with Crippen molar-refractivity contribution in [3.05, 3.63) is 29.8 Å². The Morgan fingerprint density at radius 3 is 2.31 bits per heavy atom. The number of nitrogens with one attached hydrogen (secondary N) is 2. The average molecular weight is 494 g/mol. The summed E-state index contributed by atoms with van der Waals surface area (Å²) in [6.45, 7) is 0.0438. The molecule has 1 aliphatic heterocycles. The fourth-order valence-electron chi connectivity index (χ4n) is 3.95. The summed E-state index contributed by atoms with van der Waals surface area (Å²) in [6, 6.07) is 1.76. The van der Waals surface area contributed by atoms with E-state index in [0.29, 0.717) is 37.8 Å². The molecule has 12 nitrogen and oxygen atoms in total. The van der Waals surface area contributed by atoms with Crippen LogP contribution in [0.2, 0.25) is 0 Å². The number of nitrogens with zero attached hydrogens (tertiary/aromatic N) is 1. The molecule has 1 aromatic carbocycles. The topological polar surface area (TPSA) is 208 Å². The zero-order valence-corrected chi connectivity index (χ0v) is 19.6. The Morgan fingerprint density at radius 1 is 1.06 bits per heavy atom. The van der Waals surface area contributed by atoms with Crippen molar-refractivity contribution in [2.24, 2.45) is 11.5 Å². The molecule has 1 heterocycles. The SMILES string of the molecule is NCCCCC(NC(=O)C(N)CO)C(=O)NC(Cc1ccc(O)cc1)C(=O)N1CCCC1C(=O)O. The van der Waals surface area contributed by atoms with Crippen LogP contribution in [0.3, 0.4) is 0 Å². The molecule has 0 saturated carbocycles. The highest BCUT2D eigenvalue weighted by atomic mass is 16.4. The first kappa shape index (κ1) is 28.0. The van der Waals surface area contributed by atoms with E-state index in [1.54, 1.807) is 12.1 Å². The summed E-state index contributed by atoms with van der Waals surface area (Å²) in [7, 11) is 0. The van der Waals surface area contributed by atoms with E-state index in [-0.39, 0.29) is 25.1 Å².